The smallest absolute Gasteiger partial charge is 0.271 e. The average Bonchev–Trinajstić information content (AvgIpc) is 3.08. The van der Waals surface area contributed by atoms with Crippen LogP contribution in [0.2, 0.25) is 0 Å². The zero-order valence-corrected chi connectivity index (χ0v) is 20.9. The normalized spacial score (nSPS) is 15.0. The second-order valence-corrected chi connectivity index (χ2v) is 10.6. The van der Waals surface area contributed by atoms with E-state index in [9.17, 15) is 18.0 Å². The van der Waals surface area contributed by atoms with E-state index in [1.165, 1.54) is 34.1 Å². The van der Waals surface area contributed by atoms with Crippen LogP contribution in [0, 0.1) is 13.8 Å². The van der Waals surface area contributed by atoms with E-state index in [-0.39, 0.29) is 16.4 Å². The van der Waals surface area contributed by atoms with E-state index in [1.54, 1.807) is 18.2 Å². The van der Waals surface area contributed by atoms with Crippen LogP contribution in [0.1, 0.15) is 24.5 Å². The number of aryl methyl sites for hydroxylation is 2. The number of anilines is 2. The first-order valence-electron chi connectivity index (χ1n) is 11.5. The number of carbonyl (C=O) groups is 1. The highest BCUT2D eigenvalue weighted by Crippen LogP contribution is 2.22. The first-order valence-corrected chi connectivity index (χ1v) is 12.9. The van der Waals surface area contributed by atoms with Crippen LogP contribution in [0.4, 0.5) is 11.5 Å². The number of carbonyl (C=O) groups excluding carboxylic acids is 1. The zero-order valence-electron chi connectivity index (χ0n) is 20.1. The second kappa shape index (κ2) is 10.0. The lowest BCUT2D eigenvalue weighted by atomic mass is 10.1. The molecule has 35 heavy (non-hydrogen) atoms. The van der Waals surface area contributed by atoms with Gasteiger partial charge in [-0.3, -0.25) is 9.59 Å². The Kier molecular flexibility index (Phi) is 7.04. The van der Waals surface area contributed by atoms with E-state index in [1.807, 2.05) is 36.9 Å². The Morgan fingerprint density at radius 2 is 1.66 bits per heavy atom. The van der Waals surface area contributed by atoms with Crippen molar-refractivity contribution < 1.29 is 13.2 Å². The predicted octanol–water partition coefficient (Wildman–Crippen LogP) is 2.71. The Labute approximate surface area is 205 Å². The molecule has 9 nitrogen and oxygen atoms in total. The summed E-state index contributed by atoms with van der Waals surface area (Å²) >= 11 is 0. The third-order valence-corrected chi connectivity index (χ3v) is 8.03. The first kappa shape index (κ1) is 24.6. The summed E-state index contributed by atoms with van der Waals surface area (Å²) < 4.78 is 29.3. The Balaban J connectivity index is 1.52. The van der Waals surface area contributed by atoms with Crippen LogP contribution in [-0.4, -0.2) is 54.6 Å². The van der Waals surface area contributed by atoms with Gasteiger partial charge in [-0.25, -0.2) is 8.42 Å². The monoisotopic (exact) mass is 495 g/mol. The van der Waals surface area contributed by atoms with Gasteiger partial charge in [0.1, 0.15) is 5.82 Å². The predicted molar refractivity (Wildman–Crippen MR) is 136 cm³/mol. The molecule has 0 spiro atoms. The Morgan fingerprint density at radius 3 is 2.34 bits per heavy atom. The SMILES string of the molecule is CC(=O)Nc1ccc(S(=O)(=O)N2CCCN(c3ccc(=O)n(-c4ccc(C)c(C)c4)n3)CC2)cc1. The number of nitrogens with one attached hydrogen (secondary N) is 1. The van der Waals surface area contributed by atoms with Crippen LogP contribution in [0.25, 0.3) is 5.69 Å². The van der Waals surface area contributed by atoms with Crippen molar-refractivity contribution >= 4 is 27.4 Å². The van der Waals surface area contributed by atoms with E-state index in [0.29, 0.717) is 49.8 Å². The third kappa shape index (κ3) is 5.44. The number of sulfonamides is 1. The molecule has 0 saturated carbocycles. The molecular weight excluding hydrogens is 466 g/mol. The molecule has 3 aromatic rings. The maximum absolute atomic E-state index is 13.2. The number of rotatable bonds is 5. The van der Waals surface area contributed by atoms with Gasteiger partial charge in [0.05, 0.1) is 10.6 Å². The standard InChI is InChI=1S/C25H29N5O4S/c1-18-5-8-22(17-19(18)2)30-25(32)12-11-24(27-30)28-13-4-14-29(16-15-28)35(33,34)23-9-6-21(7-10-23)26-20(3)31/h5-12,17H,4,13-16H2,1-3H3,(H,26,31). The molecule has 1 aliphatic heterocycles. The fourth-order valence-electron chi connectivity index (χ4n) is 4.04. The van der Waals surface area contributed by atoms with E-state index in [0.717, 1.165) is 11.1 Å². The topological polar surface area (TPSA) is 105 Å². The number of hydrogen-bond acceptors (Lipinski definition) is 6. The lowest BCUT2D eigenvalue weighted by molar-refractivity contribution is -0.114. The summed E-state index contributed by atoms with van der Waals surface area (Å²) in [5.41, 5.74) is 3.22. The lowest BCUT2D eigenvalue weighted by Crippen LogP contribution is -2.36. The van der Waals surface area contributed by atoms with E-state index in [2.05, 4.69) is 10.4 Å². The molecule has 4 rings (SSSR count). The van der Waals surface area contributed by atoms with Gasteiger partial charge < -0.3 is 10.2 Å². The van der Waals surface area contributed by atoms with E-state index in [4.69, 9.17) is 0 Å². The molecule has 0 aliphatic carbocycles. The van der Waals surface area contributed by atoms with Crippen LogP contribution < -0.4 is 15.8 Å². The van der Waals surface area contributed by atoms with Gasteiger partial charge in [-0.1, -0.05) is 6.07 Å². The highest BCUT2D eigenvalue weighted by molar-refractivity contribution is 7.89. The van der Waals surface area contributed by atoms with Crippen LogP contribution in [-0.2, 0) is 14.8 Å². The van der Waals surface area contributed by atoms with E-state index >= 15 is 0 Å². The summed E-state index contributed by atoms with van der Waals surface area (Å²) in [7, 11) is -3.68. The highest BCUT2D eigenvalue weighted by Gasteiger charge is 2.27. The number of aromatic nitrogens is 2. The number of benzene rings is 2. The summed E-state index contributed by atoms with van der Waals surface area (Å²) in [4.78, 5) is 25.9. The van der Waals surface area contributed by atoms with Crippen LogP contribution in [0.3, 0.4) is 0 Å². The van der Waals surface area contributed by atoms with Crippen molar-refractivity contribution in [2.75, 3.05) is 36.4 Å². The van der Waals surface area contributed by atoms with Crippen molar-refractivity contribution in [1.29, 1.82) is 0 Å². The molecule has 10 heteroatoms. The Morgan fingerprint density at radius 1 is 0.914 bits per heavy atom. The van der Waals surface area contributed by atoms with Crippen molar-refractivity contribution in [3.63, 3.8) is 0 Å². The maximum Gasteiger partial charge on any atom is 0.271 e. The van der Waals surface area contributed by atoms with Gasteiger partial charge >= 0.3 is 0 Å². The van der Waals surface area contributed by atoms with E-state index < -0.39 is 10.0 Å². The van der Waals surface area contributed by atoms with Gasteiger partial charge in [0.25, 0.3) is 5.56 Å². The second-order valence-electron chi connectivity index (χ2n) is 8.66. The van der Waals surface area contributed by atoms with Gasteiger partial charge in [0.15, 0.2) is 0 Å². The van der Waals surface area contributed by atoms with Gasteiger partial charge in [0, 0.05) is 44.9 Å². The van der Waals surface area contributed by atoms with Crippen molar-refractivity contribution in [3.05, 3.63) is 76.1 Å². The quantitative estimate of drug-likeness (QED) is 0.584. The number of nitrogens with zero attached hydrogens (tertiary/aromatic N) is 4. The molecule has 1 fully saturated rings. The van der Waals surface area contributed by atoms with Crippen LogP contribution >= 0.6 is 0 Å². The minimum Gasteiger partial charge on any atom is -0.354 e. The number of amides is 1. The fourth-order valence-corrected chi connectivity index (χ4v) is 5.51. The largest absolute Gasteiger partial charge is 0.354 e. The maximum atomic E-state index is 13.2. The Bertz CT molecular complexity index is 1400. The van der Waals surface area contributed by atoms with Crippen molar-refractivity contribution in [2.45, 2.75) is 32.1 Å². The summed E-state index contributed by atoms with van der Waals surface area (Å²) in [6.07, 6.45) is 0.619. The van der Waals surface area contributed by atoms with Crippen molar-refractivity contribution in [1.82, 2.24) is 14.1 Å². The van der Waals surface area contributed by atoms with Crippen molar-refractivity contribution in [2.24, 2.45) is 0 Å². The fraction of sp³-hybridized carbons (Fsp3) is 0.320. The summed E-state index contributed by atoms with van der Waals surface area (Å²) in [5.74, 6) is 0.410. The van der Waals surface area contributed by atoms with Crippen molar-refractivity contribution in [3.8, 4) is 5.69 Å². The molecule has 184 valence electrons. The average molecular weight is 496 g/mol. The molecule has 0 bridgehead atoms. The highest BCUT2D eigenvalue weighted by atomic mass is 32.2. The summed E-state index contributed by atoms with van der Waals surface area (Å²) in [5, 5.41) is 7.22. The molecule has 0 unspecified atom stereocenters. The molecule has 0 radical (unpaired) electrons. The van der Waals surface area contributed by atoms with Gasteiger partial charge in [-0.2, -0.15) is 8.99 Å². The summed E-state index contributed by atoms with van der Waals surface area (Å²) in [6.45, 7) is 7.14. The molecular formula is C25H29N5O4S. The number of hydrogen-bond donors (Lipinski definition) is 1. The molecule has 1 aliphatic rings. The molecule has 1 aromatic heterocycles. The molecule has 2 aromatic carbocycles. The van der Waals surface area contributed by atoms with Gasteiger partial charge in [0.2, 0.25) is 15.9 Å². The minimum absolute atomic E-state index is 0.182. The lowest BCUT2D eigenvalue weighted by Gasteiger charge is -2.23. The zero-order chi connectivity index (χ0) is 25.2. The van der Waals surface area contributed by atoms with Crippen LogP contribution in [0.5, 0.6) is 0 Å². The molecule has 2 heterocycles. The molecule has 0 atom stereocenters. The van der Waals surface area contributed by atoms with Gasteiger partial charge in [-0.15, -0.1) is 5.10 Å². The molecule has 1 saturated heterocycles. The first-order chi connectivity index (χ1) is 16.6. The third-order valence-electron chi connectivity index (χ3n) is 6.11. The van der Waals surface area contributed by atoms with Crippen LogP contribution in [0.15, 0.2) is 64.3 Å². The Hall–Kier alpha value is -3.50. The van der Waals surface area contributed by atoms with Gasteiger partial charge in [-0.05, 0) is 73.9 Å². The molecule has 1 amide bonds. The molecule has 1 N–H and O–H groups in total. The minimum atomic E-state index is -3.68. The summed E-state index contributed by atoms with van der Waals surface area (Å²) in [6, 6.07) is 15.1.